The molecule has 0 atom stereocenters. The molecule has 0 radical (unpaired) electrons. The van der Waals surface area contributed by atoms with Gasteiger partial charge < -0.3 is 26.3 Å². The maximum Gasteiger partial charge on any atom is 0.337 e. The molecule has 8 heteroatoms. The van der Waals surface area contributed by atoms with Gasteiger partial charge in [0.15, 0.2) is 0 Å². The fraction of sp³-hybridized carbons (Fsp3) is 0.0417. The summed E-state index contributed by atoms with van der Waals surface area (Å²) < 4.78 is 5.76. The Bertz CT molecular complexity index is 1340. The number of ether oxygens (including phenoxy) is 1. The van der Waals surface area contributed by atoms with Crippen molar-refractivity contribution >= 4 is 50.9 Å². The van der Waals surface area contributed by atoms with Crippen LogP contribution in [-0.4, -0.2) is 30.3 Å². The monoisotopic (exact) mass is 445 g/mol. The van der Waals surface area contributed by atoms with Crippen molar-refractivity contribution in [3.05, 3.63) is 77.4 Å². The number of anilines is 2. The van der Waals surface area contributed by atoms with Crippen LogP contribution in [0.2, 0.25) is 0 Å². The van der Waals surface area contributed by atoms with Crippen molar-refractivity contribution in [3.8, 4) is 16.2 Å². The minimum absolute atomic E-state index is 0.0644. The molecule has 0 saturated heterocycles. The Labute approximate surface area is 187 Å². The predicted octanol–water partition coefficient (Wildman–Crippen LogP) is 4.89. The van der Waals surface area contributed by atoms with Gasteiger partial charge in [-0.05, 0) is 47.9 Å². The molecule has 4 rings (SSSR count). The van der Waals surface area contributed by atoms with E-state index < -0.39 is 11.9 Å². The van der Waals surface area contributed by atoms with Crippen LogP contribution in [0.15, 0.2) is 60.7 Å². The van der Waals surface area contributed by atoms with Crippen molar-refractivity contribution in [3.63, 3.8) is 0 Å². The summed E-state index contributed by atoms with van der Waals surface area (Å²) in [6.07, 6.45) is 1.10. The summed E-state index contributed by atoms with van der Waals surface area (Å²) in [4.78, 5) is 25.6. The Hall–Kier alpha value is -4.17. The Morgan fingerprint density at radius 1 is 1.09 bits per heavy atom. The highest BCUT2D eigenvalue weighted by molar-refractivity contribution is 7.22. The van der Waals surface area contributed by atoms with E-state index in [1.54, 1.807) is 17.4 Å². The lowest BCUT2D eigenvalue weighted by Gasteiger charge is -2.12. The number of nitrogens with one attached hydrogen (secondary N) is 2. The standard InChI is InChI=1S/C24H19N3O4S/c1-31-24(30)14-6-7-19(28)18(10-14)27-23(29)15-8-16(12-25)22(26)17(9-15)21-11-13-4-2-3-5-20(13)32-21/h2-12,25,28H,26H2,1H3,(H,27,29). The van der Waals surface area contributed by atoms with Gasteiger partial charge in [0.25, 0.3) is 5.91 Å². The molecule has 0 aliphatic heterocycles. The molecule has 1 heterocycles. The second-order valence-electron chi connectivity index (χ2n) is 7.00. The minimum atomic E-state index is -0.592. The number of nitrogen functional groups attached to an aromatic ring is 1. The van der Waals surface area contributed by atoms with Crippen LogP contribution in [0.4, 0.5) is 11.4 Å². The van der Waals surface area contributed by atoms with Crippen molar-refractivity contribution in [1.82, 2.24) is 0 Å². The first-order chi connectivity index (χ1) is 15.4. The van der Waals surface area contributed by atoms with Crippen molar-refractivity contribution < 1.29 is 19.4 Å². The second kappa shape index (κ2) is 8.52. The number of phenolic OH excluding ortho intramolecular Hbond substituents is 1. The Balaban J connectivity index is 1.74. The van der Waals surface area contributed by atoms with Gasteiger partial charge in [0.05, 0.1) is 18.4 Å². The van der Waals surface area contributed by atoms with Gasteiger partial charge in [-0.3, -0.25) is 4.79 Å². The number of thiophene rings is 1. The van der Waals surface area contributed by atoms with Gasteiger partial charge in [-0.1, -0.05) is 18.2 Å². The molecule has 0 fully saturated rings. The predicted molar refractivity (Wildman–Crippen MR) is 127 cm³/mol. The largest absolute Gasteiger partial charge is 0.506 e. The maximum absolute atomic E-state index is 13.0. The molecule has 1 aromatic heterocycles. The van der Waals surface area contributed by atoms with Crippen LogP contribution in [0.1, 0.15) is 26.3 Å². The van der Waals surface area contributed by atoms with E-state index in [4.69, 9.17) is 11.1 Å². The van der Waals surface area contributed by atoms with E-state index in [0.29, 0.717) is 16.8 Å². The molecule has 0 aliphatic rings. The van der Waals surface area contributed by atoms with Crippen LogP contribution in [0, 0.1) is 5.41 Å². The van der Waals surface area contributed by atoms with Crippen LogP contribution >= 0.6 is 11.3 Å². The zero-order valence-corrected chi connectivity index (χ0v) is 17.8. The maximum atomic E-state index is 13.0. The number of fused-ring (bicyclic) bond motifs is 1. The summed E-state index contributed by atoms with van der Waals surface area (Å²) in [5, 5.41) is 21.5. The van der Waals surface area contributed by atoms with Crippen molar-refractivity contribution in [1.29, 1.82) is 5.41 Å². The Morgan fingerprint density at radius 2 is 1.88 bits per heavy atom. The topological polar surface area (TPSA) is 125 Å². The molecule has 0 saturated carbocycles. The third-order valence-electron chi connectivity index (χ3n) is 4.99. The smallest absolute Gasteiger partial charge is 0.337 e. The number of esters is 1. The van der Waals surface area contributed by atoms with Crippen molar-refractivity contribution in [2.24, 2.45) is 0 Å². The number of hydrogen-bond donors (Lipinski definition) is 4. The van der Waals surface area contributed by atoms with Crippen LogP contribution in [-0.2, 0) is 4.74 Å². The number of amides is 1. The average molecular weight is 446 g/mol. The quantitative estimate of drug-likeness (QED) is 0.151. The Kier molecular flexibility index (Phi) is 5.61. The van der Waals surface area contributed by atoms with E-state index in [2.05, 4.69) is 10.1 Å². The highest BCUT2D eigenvalue weighted by Crippen LogP contribution is 2.38. The molecule has 3 aromatic carbocycles. The fourth-order valence-electron chi connectivity index (χ4n) is 3.32. The molecule has 0 bridgehead atoms. The summed E-state index contributed by atoms with van der Waals surface area (Å²) in [6, 6.07) is 17.1. The van der Waals surface area contributed by atoms with E-state index in [1.165, 1.54) is 31.4 Å². The third kappa shape index (κ3) is 3.91. The Morgan fingerprint density at radius 3 is 2.59 bits per heavy atom. The second-order valence-corrected chi connectivity index (χ2v) is 8.08. The SMILES string of the molecule is COC(=O)c1ccc(O)c(NC(=O)c2cc(C=N)c(N)c(-c3cc4ccccc4s3)c2)c1. The van der Waals surface area contributed by atoms with Crippen LogP contribution < -0.4 is 11.1 Å². The van der Waals surface area contributed by atoms with Gasteiger partial charge in [0, 0.05) is 38.2 Å². The number of nitrogens with two attached hydrogens (primary N) is 1. The lowest BCUT2D eigenvalue weighted by Crippen LogP contribution is -2.14. The average Bonchev–Trinajstić information content (AvgIpc) is 3.24. The summed E-state index contributed by atoms with van der Waals surface area (Å²) in [5.74, 6) is -1.31. The fourth-order valence-corrected chi connectivity index (χ4v) is 4.41. The molecule has 4 aromatic rings. The number of methoxy groups -OCH3 is 1. The highest BCUT2D eigenvalue weighted by Gasteiger charge is 2.17. The van der Waals surface area contributed by atoms with Gasteiger partial charge >= 0.3 is 5.97 Å². The third-order valence-corrected chi connectivity index (χ3v) is 6.14. The van der Waals surface area contributed by atoms with E-state index >= 15 is 0 Å². The summed E-state index contributed by atoms with van der Waals surface area (Å²) in [7, 11) is 1.25. The number of carbonyl (C=O) groups is 2. The van der Waals surface area contributed by atoms with Gasteiger partial charge in [0.2, 0.25) is 0 Å². The lowest BCUT2D eigenvalue weighted by molar-refractivity contribution is 0.0600. The summed E-state index contributed by atoms with van der Waals surface area (Å²) in [5.41, 5.74) is 8.25. The number of phenols is 1. The molecular formula is C24H19N3O4S. The van der Waals surface area contributed by atoms with Crippen LogP contribution in [0.5, 0.6) is 5.75 Å². The van der Waals surface area contributed by atoms with Crippen molar-refractivity contribution in [2.45, 2.75) is 0 Å². The molecule has 1 amide bonds. The van der Waals surface area contributed by atoms with Crippen LogP contribution in [0.25, 0.3) is 20.5 Å². The zero-order chi connectivity index (χ0) is 22.8. The van der Waals surface area contributed by atoms with Gasteiger partial charge in [0.1, 0.15) is 5.75 Å². The first-order valence-corrected chi connectivity index (χ1v) is 10.4. The van der Waals surface area contributed by atoms with Gasteiger partial charge in [-0.2, -0.15) is 0 Å². The normalized spacial score (nSPS) is 10.7. The highest BCUT2D eigenvalue weighted by atomic mass is 32.1. The molecule has 32 heavy (non-hydrogen) atoms. The summed E-state index contributed by atoms with van der Waals surface area (Å²) in [6.45, 7) is 0. The van der Waals surface area contributed by atoms with Gasteiger partial charge in [-0.15, -0.1) is 11.3 Å². The van der Waals surface area contributed by atoms with Crippen LogP contribution in [0.3, 0.4) is 0 Å². The van der Waals surface area contributed by atoms with E-state index in [0.717, 1.165) is 21.2 Å². The van der Waals surface area contributed by atoms with E-state index in [1.807, 2.05) is 30.3 Å². The van der Waals surface area contributed by atoms with Crippen molar-refractivity contribution in [2.75, 3.05) is 18.2 Å². The molecule has 160 valence electrons. The first kappa shape index (κ1) is 21.1. The zero-order valence-electron chi connectivity index (χ0n) is 17.0. The molecular weight excluding hydrogens is 426 g/mol. The molecule has 0 spiro atoms. The number of carbonyl (C=O) groups excluding carboxylic acids is 2. The summed E-state index contributed by atoms with van der Waals surface area (Å²) >= 11 is 1.54. The molecule has 0 unspecified atom stereocenters. The number of aromatic hydroxyl groups is 1. The van der Waals surface area contributed by atoms with Gasteiger partial charge in [-0.25, -0.2) is 4.79 Å². The molecule has 0 aliphatic carbocycles. The number of benzene rings is 3. The van der Waals surface area contributed by atoms with E-state index in [9.17, 15) is 14.7 Å². The molecule has 5 N–H and O–H groups in total. The molecule has 7 nitrogen and oxygen atoms in total. The first-order valence-electron chi connectivity index (χ1n) is 9.57. The van der Waals surface area contributed by atoms with E-state index in [-0.39, 0.29) is 22.6 Å². The number of hydrogen-bond acceptors (Lipinski definition) is 7. The minimum Gasteiger partial charge on any atom is -0.506 e. The number of rotatable bonds is 5. The lowest BCUT2D eigenvalue weighted by atomic mass is 10.0.